The Kier molecular flexibility index (Phi) is 13.4. The molecule has 0 aliphatic carbocycles. The number of hydrogen-bond donors (Lipinski definition) is 9. The van der Waals surface area contributed by atoms with Crippen LogP contribution in [0.3, 0.4) is 0 Å². The molecule has 1 heterocycles. The summed E-state index contributed by atoms with van der Waals surface area (Å²) in [5.74, 6) is -4.39. The highest BCUT2D eigenvalue weighted by Gasteiger charge is 2.31. The Hall–Kier alpha value is -4.99. The zero-order chi connectivity index (χ0) is 31.1. The molecule has 4 atom stereocenters. The summed E-state index contributed by atoms with van der Waals surface area (Å²) >= 11 is 0. The second-order valence-corrected chi connectivity index (χ2v) is 9.55. The van der Waals surface area contributed by atoms with Crippen LogP contribution in [-0.2, 0) is 36.8 Å². The van der Waals surface area contributed by atoms with E-state index < -0.39 is 53.8 Å². The minimum absolute atomic E-state index is 0.0814. The van der Waals surface area contributed by atoms with E-state index in [0.29, 0.717) is 12.1 Å². The van der Waals surface area contributed by atoms with Gasteiger partial charge in [-0.25, -0.2) is 9.78 Å². The molecule has 4 unspecified atom stereocenters. The number of rotatable bonds is 18. The van der Waals surface area contributed by atoms with Gasteiger partial charge >= 0.3 is 5.97 Å². The van der Waals surface area contributed by atoms with Gasteiger partial charge in [0.2, 0.25) is 23.6 Å². The number of H-pyrrole nitrogens is 1. The Morgan fingerprint density at radius 3 is 2.12 bits per heavy atom. The van der Waals surface area contributed by atoms with Crippen LogP contribution in [0.5, 0.6) is 0 Å². The minimum atomic E-state index is -1.43. The molecule has 0 bridgehead atoms. The summed E-state index contributed by atoms with van der Waals surface area (Å²) < 4.78 is 0. The average molecular weight is 587 g/mol. The molecule has 1 aromatic heterocycles. The summed E-state index contributed by atoms with van der Waals surface area (Å²) in [4.78, 5) is 73.0. The van der Waals surface area contributed by atoms with Gasteiger partial charge in [0.25, 0.3) is 0 Å². The minimum Gasteiger partial charge on any atom is -0.480 e. The summed E-state index contributed by atoms with van der Waals surface area (Å²) in [5, 5.41) is 17.1. The zero-order valence-corrected chi connectivity index (χ0v) is 23.0. The van der Waals surface area contributed by atoms with Crippen molar-refractivity contribution in [2.24, 2.45) is 27.9 Å². The van der Waals surface area contributed by atoms with Crippen LogP contribution in [0.15, 0.2) is 47.8 Å². The van der Waals surface area contributed by atoms with Crippen molar-refractivity contribution in [3.63, 3.8) is 0 Å². The summed E-state index contributed by atoms with van der Waals surface area (Å²) in [6.07, 6.45) is 2.83. The van der Waals surface area contributed by atoms with E-state index in [9.17, 15) is 29.1 Å². The molecule has 0 saturated heterocycles. The summed E-state index contributed by atoms with van der Waals surface area (Å²) in [5.41, 5.74) is 23.2. The van der Waals surface area contributed by atoms with E-state index in [1.165, 1.54) is 12.5 Å². The maximum atomic E-state index is 13.4. The summed E-state index contributed by atoms with van der Waals surface area (Å²) in [7, 11) is 0. The van der Waals surface area contributed by atoms with E-state index >= 15 is 0 Å². The highest BCUT2D eigenvalue weighted by Crippen LogP contribution is 2.07. The van der Waals surface area contributed by atoms with Crippen molar-refractivity contribution in [1.29, 1.82) is 0 Å². The molecule has 42 heavy (non-hydrogen) atoms. The fourth-order valence-electron chi connectivity index (χ4n) is 3.93. The van der Waals surface area contributed by atoms with Gasteiger partial charge in [0, 0.05) is 31.3 Å². The molecule has 2 aromatic rings. The van der Waals surface area contributed by atoms with E-state index in [1.54, 1.807) is 0 Å². The van der Waals surface area contributed by atoms with Crippen LogP contribution in [0.4, 0.5) is 0 Å². The molecule has 0 saturated carbocycles. The Morgan fingerprint density at radius 2 is 1.52 bits per heavy atom. The molecule has 0 fully saturated rings. The number of benzene rings is 1. The van der Waals surface area contributed by atoms with Gasteiger partial charge in [0.1, 0.15) is 18.1 Å². The predicted octanol–water partition coefficient (Wildman–Crippen LogP) is -2.62. The number of aliphatic carboxylic acids is 1. The third-order valence-electron chi connectivity index (χ3n) is 6.12. The zero-order valence-electron chi connectivity index (χ0n) is 23.0. The largest absolute Gasteiger partial charge is 0.480 e. The monoisotopic (exact) mass is 586 g/mol. The van der Waals surface area contributed by atoms with Crippen LogP contribution >= 0.6 is 0 Å². The fourth-order valence-corrected chi connectivity index (χ4v) is 3.93. The van der Waals surface area contributed by atoms with Crippen LogP contribution in [0.25, 0.3) is 0 Å². The van der Waals surface area contributed by atoms with Gasteiger partial charge in [-0.2, -0.15) is 0 Å². The van der Waals surface area contributed by atoms with E-state index in [1.807, 2.05) is 30.3 Å². The lowest BCUT2D eigenvalue weighted by Gasteiger charge is -2.25. The maximum Gasteiger partial charge on any atom is 0.326 e. The number of aromatic amines is 1. The normalized spacial score (nSPS) is 13.5. The fraction of sp³-hybridized carbons (Fsp3) is 0.423. The second-order valence-electron chi connectivity index (χ2n) is 9.55. The lowest BCUT2D eigenvalue weighted by atomic mass is 10.0. The first kappa shape index (κ1) is 33.2. The molecule has 2 rings (SSSR count). The highest BCUT2D eigenvalue weighted by atomic mass is 16.4. The number of carboxylic acids is 1. The Bertz CT molecular complexity index is 1220. The number of aromatic nitrogens is 2. The van der Waals surface area contributed by atoms with Gasteiger partial charge in [0.05, 0.1) is 12.4 Å². The topological polar surface area (TPSA) is 287 Å². The van der Waals surface area contributed by atoms with Gasteiger partial charge in [-0.15, -0.1) is 0 Å². The van der Waals surface area contributed by atoms with Crippen molar-refractivity contribution in [1.82, 2.24) is 25.9 Å². The van der Waals surface area contributed by atoms with Crippen molar-refractivity contribution in [3.05, 3.63) is 54.1 Å². The molecule has 16 nitrogen and oxygen atoms in total. The van der Waals surface area contributed by atoms with Crippen LogP contribution in [0, 0.1) is 0 Å². The van der Waals surface area contributed by atoms with Gasteiger partial charge in [0.15, 0.2) is 5.96 Å². The number of aliphatic imine (C=N–C) groups is 1. The first-order valence-electron chi connectivity index (χ1n) is 13.2. The number of primary amides is 1. The van der Waals surface area contributed by atoms with E-state index in [2.05, 4.69) is 30.9 Å². The third kappa shape index (κ3) is 12.0. The van der Waals surface area contributed by atoms with Crippen LogP contribution < -0.4 is 38.9 Å². The molecule has 16 heteroatoms. The van der Waals surface area contributed by atoms with Gasteiger partial charge in [-0.05, 0) is 31.2 Å². The van der Waals surface area contributed by atoms with Crippen LogP contribution in [-0.4, -0.2) is 81.3 Å². The van der Waals surface area contributed by atoms with Gasteiger partial charge in [-0.1, -0.05) is 30.3 Å². The molecule has 0 radical (unpaired) electrons. The predicted molar refractivity (Wildman–Crippen MR) is 152 cm³/mol. The number of carbonyl (C=O) groups excluding carboxylic acids is 4. The molecule has 1 aromatic carbocycles. The number of nitrogens with one attached hydrogen (secondary N) is 4. The number of amides is 4. The van der Waals surface area contributed by atoms with Crippen molar-refractivity contribution in [3.8, 4) is 0 Å². The van der Waals surface area contributed by atoms with E-state index in [0.717, 1.165) is 5.56 Å². The third-order valence-corrected chi connectivity index (χ3v) is 6.12. The summed E-state index contributed by atoms with van der Waals surface area (Å²) in [6, 6.07) is 4.29. The molecule has 0 spiro atoms. The average Bonchev–Trinajstić information content (AvgIpc) is 3.45. The van der Waals surface area contributed by atoms with Crippen molar-refractivity contribution in [2.45, 2.75) is 62.7 Å². The van der Waals surface area contributed by atoms with E-state index in [-0.39, 0.29) is 44.6 Å². The summed E-state index contributed by atoms with van der Waals surface area (Å²) in [6.45, 7) is 0.177. The van der Waals surface area contributed by atoms with Gasteiger partial charge in [-0.3, -0.25) is 24.2 Å². The molecule has 4 amide bonds. The lowest BCUT2D eigenvalue weighted by molar-refractivity contribution is -0.142. The highest BCUT2D eigenvalue weighted by molar-refractivity contribution is 5.94. The van der Waals surface area contributed by atoms with Gasteiger partial charge < -0.3 is 49.0 Å². The van der Waals surface area contributed by atoms with Crippen LogP contribution in [0.2, 0.25) is 0 Å². The first-order chi connectivity index (χ1) is 20.0. The van der Waals surface area contributed by atoms with Crippen LogP contribution in [0.1, 0.15) is 36.9 Å². The Morgan fingerprint density at radius 1 is 0.881 bits per heavy atom. The number of imidazole rings is 1. The SMILES string of the molecule is NC(=O)CCC(NC(=O)C(Cc1cnc[nH]1)NC(=O)C(CCCN=C(N)N)NC(=O)C(N)Cc1ccccc1)C(=O)O. The Balaban J connectivity index is 2.20. The smallest absolute Gasteiger partial charge is 0.326 e. The number of hydrogen-bond acceptors (Lipinski definition) is 8. The Labute approximate surface area is 242 Å². The standard InChI is InChI=1S/C26H38N10O6/c27-17(11-15-5-2-1-3-6-15)22(38)34-18(7-4-10-32-26(29)30)23(39)36-20(12-16-13-31-14-33-16)24(40)35-19(25(41)42)8-9-21(28)37/h1-3,5-6,13-14,17-20H,4,7-12,27H2,(H2,28,37)(H,31,33)(H,34,38)(H,35,40)(H,36,39)(H,41,42)(H4,29,30,32). The second kappa shape index (κ2) is 17.0. The maximum absolute atomic E-state index is 13.4. The molecule has 228 valence electrons. The quantitative estimate of drug-likeness (QED) is 0.0498. The number of nitrogens with zero attached hydrogens (tertiary/aromatic N) is 2. The lowest BCUT2D eigenvalue weighted by Crippen LogP contribution is -2.57. The first-order valence-corrected chi connectivity index (χ1v) is 13.2. The molecular formula is C26H38N10O6. The van der Waals surface area contributed by atoms with E-state index in [4.69, 9.17) is 22.9 Å². The molecular weight excluding hydrogens is 548 g/mol. The molecule has 0 aliphatic heterocycles. The molecule has 0 aliphatic rings. The number of carbonyl (C=O) groups is 5. The molecule has 13 N–H and O–H groups in total. The van der Waals surface area contributed by atoms with Crippen molar-refractivity contribution in [2.75, 3.05) is 6.54 Å². The van der Waals surface area contributed by atoms with Crippen molar-refractivity contribution >= 4 is 35.6 Å². The number of nitrogens with two attached hydrogens (primary N) is 4. The number of carboxylic acid groups (broad SMARTS) is 1. The van der Waals surface area contributed by atoms with Crippen molar-refractivity contribution < 1.29 is 29.1 Å². The number of guanidine groups is 1.